The minimum absolute atomic E-state index is 0.235. The van der Waals surface area contributed by atoms with Gasteiger partial charge < -0.3 is 14.7 Å². The Labute approximate surface area is 361 Å². The van der Waals surface area contributed by atoms with Gasteiger partial charge in [-0.05, 0) is 121 Å². The zero-order valence-corrected chi connectivity index (χ0v) is 41.4. The number of aryl methyl sites for hydroxylation is 1. The highest BCUT2D eigenvalue weighted by molar-refractivity contribution is 6.03. The van der Waals surface area contributed by atoms with Crippen molar-refractivity contribution in [1.82, 2.24) is 4.58 Å². The summed E-state index contributed by atoms with van der Waals surface area (Å²) in [7, 11) is 0. The van der Waals surface area contributed by atoms with Crippen molar-refractivity contribution >= 4 is 28.4 Å². The standard InChI is InChI=1S/C55H72N2O3/c1-27-24-25-34(47(58)59)35(26-27)40-38-30(4)36-28(2)32(6)50(12,13)56-43(36)41(48(8,9)52(16,17)54(56,20)21)45(38)60-46-39(40)31(5)37-29(3)33(7)51(14,15)57-44(37)42(46)49(10,11)53(18,19)55(57,22)23/h24-26H,1-23H3/p+1. The normalized spacial score (nSPS) is 23.7. The summed E-state index contributed by atoms with van der Waals surface area (Å²) in [6.07, 6.45) is 0. The van der Waals surface area contributed by atoms with Crippen molar-refractivity contribution in [3.05, 3.63) is 95.6 Å². The van der Waals surface area contributed by atoms with Gasteiger partial charge >= 0.3 is 5.97 Å². The molecule has 0 bridgehead atoms. The first-order chi connectivity index (χ1) is 27.1. The zero-order chi connectivity index (χ0) is 45.1. The maximum absolute atomic E-state index is 13.6. The number of carbonyl (C=O) groups is 1. The first-order valence-corrected chi connectivity index (χ1v) is 22.4. The summed E-state index contributed by atoms with van der Waals surface area (Å²) in [5, 5.41) is 13.4. The maximum Gasteiger partial charge on any atom is 0.336 e. The number of hydrogen-bond donors (Lipinski definition) is 1. The van der Waals surface area contributed by atoms with Gasteiger partial charge in [0, 0.05) is 82.5 Å². The lowest BCUT2D eigenvalue weighted by molar-refractivity contribution is 0.00758. The Kier molecular flexibility index (Phi) is 8.27. The molecule has 8 rings (SSSR count). The molecule has 3 aromatic carbocycles. The van der Waals surface area contributed by atoms with Crippen molar-refractivity contribution in [2.24, 2.45) is 10.8 Å². The number of rotatable bonds is 2. The van der Waals surface area contributed by atoms with Gasteiger partial charge in [0.05, 0.1) is 27.9 Å². The molecule has 0 radical (unpaired) electrons. The number of aromatic carboxylic acids is 1. The number of hydrogen-bond acceptors (Lipinski definition) is 3. The van der Waals surface area contributed by atoms with E-state index in [0.717, 1.165) is 50.1 Å². The molecule has 5 nitrogen and oxygen atoms in total. The van der Waals surface area contributed by atoms with Gasteiger partial charge in [-0.25, -0.2) is 9.37 Å². The minimum Gasteiger partial charge on any atom is -0.478 e. The summed E-state index contributed by atoms with van der Waals surface area (Å²) in [6, 6.07) is 5.87. The highest BCUT2D eigenvalue weighted by atomic mass is 16.5. The smallest absolute Gasteiger partial charge is 0.336 e. The molecule has 0 saturated carbocycles. The molecule has 0 aliphatic carbocycles. The number of carboxylic acid groups (broad SMARTS) is 1. The van der Waals surface area contributed by atoms with E-state index in [1.807, 2.05) is 12.1 Å². The molecule has 5 heterocycles. The quantitative estimate of drug-likeness (QED) is 0.205. The average molecular weight is 810 g/mol. The second kappa shape index (κ2) is 11.7. The third kappa shape index (κ3) is 4.41. The molecule has 5 heteroatoms. The van der Waals surface area contributed by atoms with Crippen molar-refractivity contribution < 1.29 is 14.6 Å². The van der Waals surface area contributed by atoms with Crippen LogP contribution < -0.4 is 24.8 Å². The van der Waals surface area contributed by atoms with Crippen LogP contribution in [0.3, 0.4) is 0 Å². The van der Waals surface area contributed by atoms with Crippen LogP contribution in [-0.4, -0.2) is 33.2 Å². The van der Waals surface area contributed by atoms with Crippen LogP contribution >= 0.6 is 0 Å². The molecule has 0 saturated heterocycles. The number of allylic oxidation sites excluding steroid dienone is 2. The number of benzene rings is 3. The van der Waals surface area contributed by atoms with Crippen molar-refractivity contribution in [2.45, 2.75) is 192 Å². The molecule has 0 aromatic heterocycles. The fraction of sp³-hybridized carbons (Fsp3) is 0.564. The molecule has 1 N–H and O–H groups in total. The molecule has 5 aliphatic rings. The van der Waals surface area contributed by atoms with Gasteiger partial charge in [0.1, 0.15) is 11.5 Å². The largest absolute Gasteiger partial charge is 0.478 e. The monoisotopic (exact) mass is 810 g/mol. The van der Waals surface area contributed by atoms with Gasteiger partial charge in [0.2, 0.25) is 5.36 Å². The number of nitrogens with zero attached hydrogens (tertiary/aromatic N) is 2. The molecule has 3 aromatic rings. The number of fused-ring (bicyclic) bond motifs is 4. The summed E-state index contributed by atoms with van der Waals surface area (Å²) in [6.45, 7) is 54.7. The highest BCUT2D eigenvalue weighted by Gasteiger charge is 2.66. The van der Waals surface area contributed by atoms with E-state index in [1.54, 1.807) is 0 Å². The number of ether oxygens (including phenoxy) is 1. The van der Waals surface area contributed by atoms with E-state index in [-0.39, 0.29) is 43.8 Å². The lowest BCUT2D eigenvalue weighted by Gasteiger charge is -2.68. The summed E-state index contributed by atoms with van der Waals surface area (Å²) in [5.41, 5.74) is 15.6. The SMILES string of the molecule is CC1=C(C)C(C)(C)N2c3c1c(C)c1c(c3C(C)(C)C(C)(C)C2(C)C)Oc2c3c4c(c(C)c2=C1c1cc(C)ccc1C(=O)O)C(C)=C(C)C(C)(C)[N+]=4C(C)(C)C(C)(C)C3(C)C. The third-order valence-electron chi connectivity index (χ3n) is 19.6. The maximum atomic E-state index is 13.6. The topological polar surface area (TPSA) is 52.8 Å². The van der Waals surface area contributed by atoms with Crippen molar-refractivity contribution in [3.8, 4) is 11.5 Å². The Bertz CT molecular complexity index is 2770. The van der Waals surface area contributed by atoms with Crippen LogP contribution in [0.4, 0.5) is 5.69 Å². The summed E-state index contributed by atoms with van der Waals surface area (Å²) >= 11 is 0. The zero-order valence-electron chi connectivity index (χ0n) is 41.4. The van der Waals surface area contributed by atoms with Crippen molar-refractivity contribution in [3.63, 3.8) is 0 Å². The number of carboxylic acids is 1. The van der Waals surface area contributed by atoms with Gasteiger partial charge in [-0.15, -0.1) is 0 Å². The minimum atomic E-state index is -0.924. The third-order valence-corrected chi connectivity index (χ3v) is 19.6. The molecular formula is C55H73N2O3+. The van der Waals surface area contributed by atoms with Crippen LogP contribution in [0.25, 0.3) is 16.7 Å². The molecule has 60 heavy (non-hydrogen) atoms. The Morgan fingerprint density at radius 1 is 0.650 bits per heavy atom. The van der Waals surface area contributed by atoms with E-state index in [1.165, 1.54) is 55.6 Å². The number of anilines is 1. The molecule has 0 fully saturated rings. The fourth-order valence-corrected chi connectivity index (χ4v) is 13.4. The van der Waals surface area contributed by atoms with E-state index in [2.05, 4.69) is 175 Å². The Morgan fingerprint density at radius 2 is 1.20 bits per heavy atom. The van der Waals surface area contributed by atoms with E-state index in [9.17, 15) is 9.90 Å². The molecule has 0 spiro atoms. The van der Waals surface area contributed by atoms with Crippen molar-refractivity contribution in [2.75, 3.05) is 4.90 Å². The van der Waals surface area contributed by atoms with E-state index in [4.69, 9.17) is 4.74 Å². The predicted octanol–water partition coefficient (Wildman–Crippen LogP) is 12.3. The Morgan fingerprint density at radius 3 is 1.77 bits per heavy atom. The average Bonchev–Trinajstić information content (AvgIpc) is 3.10. The van der Waals surface area contributed by atoms with Gasteiger partial charge in [-0.1, -0.05) is 73.1 Å². The Hall–Kier alpha value is -4.12. The molecular weight excluding hydrogens is 737 g/mol. The Balaban J connectivity index is 1.78. The summed E-state index contributed by atoms with van der Waals surface area (Å²) < 4.78 is 10.8. The van der Waals surface area contributed by atoms with Gasteiger partial charge in [-0.3, -0.25) is 0 Å². The first kappa shape index (κ1) is 42.6. The molecule has 320 valence electrons. The molecule has 0 atom stereocenters. The lowest BCUT2D eigenvalue weighted by atomic mass is 9.50. The second-order valence-electron chi connectivity index (χ2n) is 23.6. The van der Waals surface area contributed by atoms with Gasteiger partial charge in [-0.2, -0.15) is 0 Å². The van der Waals surface area contributed by atoms with E-state index < -0.39 is 5.97 Å². The first-order valence-electron chi connectivity index (χ1n) is 22.4. The predicted molar refractivity (Wildman–Crippen MR) is 252 cm³/mol. The fourth-order valence-electron chi connectivity index (χ4n) is 13.4. The van der Waals surface area contributed by atoms with Crippen molar-refractivity contribution in [1.29, 1.82) is 0 Å². The van der Waals surface area contributed by atoms with E-state index in [0.29, 0.717) is 5.56 Å². The summed E-state index contributed by atoms with van der Waals surface area (Å²) in [4.78, 5) is 16.3. The van der Waals surface area contributed by atoms with Crippen LogP contribution in [-0.2, 0) is 10.8 Å². The molecule has 0 amide bonds. The van der Waals surface area contributed by atoms with Crippen LogP contribution in [0.15, 0.2) is 29.3 Å². The van der Waals surface area contributed by atoms with Crippen LogP contribution in [0, 0.1) is 31.6 Å². The van der Waals surface area contributed by atoms with Crippen LogP contribution in [0.2, 0.25) is 0 Å². The van der Waals surface area contributed by atoms with E-state index >= 15 is 0 Å². The highest BCUT2D eigenvalue weighted by Crippen LogP contribution is 2.68. The summed E-state index contributed by atoms with van der Waals surface area (Å²) in [5.74, 6) is 0.840. The van der Waals surface area contributed by atoms with Gasteiger partial charge in [0.15, 0.2) is 11.1 Å². The van der Waals surface area contributed by atoms with Gasteiger partial charge in [0.25, 0.3) is 0 Å². The second-order valence-corrected chi connectivity index (χ2v) is 23.6. The van der Waals surface area contributed by atoms with Crippen LogP contribution in [0.5, 0.6) is 11.5 Å². The lowest BCUT2D eigenvalue weighted by Crippen LogP contribution is -2.73. The molecule has 0 unspecified atom stereocenters. The molecule has 5 aliphatic heterocycles. The van der Waals surface area contributed by atoms with Crippen LogP contribution in [0.1, 0.15) is 199 Å².